The van der Waals surface area contributed by atoms with E-state index >= 15 is 0 Å². The number of hydrogen-bond donors (Lipinski definition) is 3. The minimum absolute atomic E-state index is 0.0374. The van der Waals surface area contributed by atoms with E-state index in [1.165, 1.54) is 83.5 Å². The van der Waals surface area contributed by atoms with E-state index in [-0.39, 0.29) is 19.6 Å². The van der Waals surface area contributed by atoms with E-state index in [2.05, 4.69) is 86.8 Å². The number of aliphatic hydroxyl groups excluding tert-OH is 2. The molecule has 3 N–H and O–H groups in total. The van der Waals surface area contributed by atoms with Gasteiger partial charge < -0.3 is 24.6 Å². The van der Waals surface area contributed by atoms with Crippen LogP contribution in [-0.2, 0) is 27.9 Å². The Hall–Kier alpha value is -2.10. The van der Waals surface area contributed by atoms with Crippen LogP contribution >= 0.6 is 7.82 Å². The zero-order valence-corrected chi connectivity index (χ0v) is 39.1. The Morgan fingerprint density at radius 2 is 0.950 bits per heavy atom. The molecule has 0 aromatic rings. The van der Waals surface area contributed by atoms with E-state index in [0.717, 1.165) is 89.9 Å². The second kappa shape index (κ2) is 46.4. The maximum Gasteiger partial charge on any atom is 0.472 e. The van der Waals surface area contributed by atoms with E-state index in [0.29, 0.717) is 6.61 Å². The third-order valence-electron chi connectivity index (χ3n) is 9.88. The van der Waals surface area contributed by atoms with Gasteiger partial charge in [0.25, 0.3) is 0 Å². The summed E-state index contributed by atoms with van der Waals surface area (Å²) in [5.41, 5.74) is 0. The van der Waals surface area contributed by atoms with E-state index in [9.17, 15) is 19.4 Å². The first-order chi connectivity index (χ1) is 29.3. The Bertz CT molecular complexity index is 1160. The summed E-state index contributed by atoms with van der Waals surface area (Å²) in [5, 5.41) is 18.4. The Kier molecular flexibility index (Phi) is 44.8. The van der Waals surface area contributed by atoms with Crippen molar-refractivity contribution in [2.75, 3.05) is 33.0 Å². The summed E-state index contributed by atoms with van der Waals surface area (Å²) in [6.07, 6.45) is 55.7. The lowest BCUT2D eigenvalue weighted by molar-refractivity contribution is -0.154. The number of phosphoric acid groups is 1. The number of carbonyl (C=O) groups is 1. The van der Waals surface area contributed by atoms with Crippen molar-refractivity contribution in [3.05, 3.63) is 72.9 Å². The normalized spacial score (nSPS) is 14.6. The summed E-state index contributed by atoms with van der Waals surface area (Å²) in [6.45, 7) is 3.35. The lowest BCUT2D eigenvalue weighted by atomic mass is 10.0. The van der Waals surface area contributed by atoms with Crippen LogP contribution in [0.5, 0.6) is 0 Å². The number of phosphoric ester groups is 1. The van der Waals surface area contributed by atoms with Crippen LogP contribution in [0.15, 0.2) is 72.9 Å². The van der Waals surface area contributed by atoms with Gasteiger partial charge in [-0.25, -0.2) is 4.57 Å². The molecule has 0 saturated carbocycles. The Morgan fingerprint density at radius 3 is 1.43 bits per heavy atom. The van der Waals surface area contributed by atoms with Crippen molar-refractivity contribution < 1.29 is 43.0 Å². The van der Waals surface area contributed by atoms with Crippen molar-refractivity contribution in [1.29, 1.82) is 0 Å². The van der Waals surface area contributed by atoms with E-state index in [4.69, 9.17) is 23.6 Å². The van der Waals surface area contributed by atoms with Gasteiger partial charge in [0, 0.05) is 13.0 Å². The quantitative estimate of drug-likeness (QED) is 0.0237. The molecule has 9 nitrogen and oxygen atoms in total. The highest BCUT2D eigenvalue weighted by Gasteiger charge is 2.26. The molecular formula is C50H89O9P. The zero-order valence-electron chi connectivity index (χ0n) is 38.2. The summed E-state index contributed by atoms with van der Waals surface area (Å²) in [7, 11) is -4.53. The second-order valence-electron chi connectivity index (χ2n) is 15.7. The van der Waals surface area contributed by atoms with Crippen LogP contribution in [0.4, 0.5) is 0 Å². The molecule has 0 rings (SSSR count). The number of hydrogen-bond acceptors (Lipinski definition) is 8. The molecule has 0 aliphatic rings. The molecule has 60 heavy (non-hydrogen) atoms. The average Bonchev–Trinajstić information content (AvgIpc) is 3.24. The van der Waals surface area contributed by atoms with E-state index < -0.39 is 39.2 Å². The molecule has 0 fully saturated rings. The number of carbonyl (C=O) groups excluding carboxylic acids is 1. The van der Waals surface area contributed by atoms with Gasteiger partial charge in [-0.05, 0) is 83.5 Å². The van der Waals surface area contributed by atoms with Gasteiger partial charge >= 0.3 is 13.8 Å². The van der Waals surface area contributed by atoms with Crippen LogP contribution in [-0.4, -0.2) is 66.3 Å². The Morgan fingerprint density at radius 1 is 0.533 bits per heavy atom. The Labute approximate surface area is 367 Å². The minimum atomic E-state index is -4.53. The van der Waals surface area contributed by atoms with Gasteiger partial charge in [0.1, 0.15) is 12.2 Å². The third kappa shape index (κ3) is 45.4. The highest BCUT2D eigenvalue weighted by molar-refractivity contribution is 7.47. The van der Waals surface area contributed by atoms with Gasteiger partial charge in [-0.2, -0.15) is 0 Å². The van der Waals surface area contributed by atoms with Crippen LogP contribution in [0, 0.1) is 0 Å². The standard InChI is InChI=1S/C50H89O9P/c1-3-5-7-9-11-13-15-17-19-21-22-23-24-25-26-27-28-30-32-34-36-38-40-42-50(53)59-49(47-58-60(54,55)57-45-48(52)44-51)46-56-43-41-39-37-35-33-31-29-20-18-16-14-12-10-8-6-4-2/h5,7,11-14,17-20,22-23,48-49,51-52H,3-4,6,8-10,15-16,21,24-47H2,1-2H3,(H,54,55)/b7-5-,13-11-,14-12-,19-17-,20-18-,23-22-. The molecule has 0 aliphatic carbocycles. The molecule has 0 aromatic carbocycles. The van der Waals surface area contributed by atoms with Crippen LogP contribution in [0.1, 0.15) is 194 Å². The number of allylic oxidation sites excluding steroid dienone is 12. The molecule has 0 saturated heterocycles. The molecule has 3 unspecified atom stereocenters. The first-order valence-electron chi connectivity index (χ1n) is 23.9. The molecule has 0 heterocycles. The summed E-state index contributed by atoms with van der Waals surface area (Å²) >= 11 is 0. The highest BCUT2D eigenvalue weighted by Crippen LogP contribution is 2.43. The number of rotatable bonds is 45. The van der Waals surface area contributed by atoms with E-state index in [1.54, 1.807) is 0 Å². The largest absolute Gasteiger partial charge is 0.472 e. The number of esters is 1. The number of aliphatic hydroxyl groups is 2. The highest BCUT2D eigenvalue weighted by atomic mass is 31.2. The predicted molar refractivity (Wildman–Crippen MR) is 251 cm³/mol. The van der Waals surface area contributed by atoms with Crippen LogP contribution in [0.25, 0.3) is 0 Å². The maximum atomic E-state index is 12.7. The van der Waals surface area contributed by atoms with Gasteiger partial charge in [-0.1, -0.05) is 177 Å². The smallest absolute Gasteiger partial charge is 0.457 e. The third-order valence-corrected chi connectivity index (χ3v) is 10.8. The minimum Gasteiger partial charge on any atom is -0.457 e. The van der Waals surface area contributed by atoms with Gasteiger partial charge in [-0.3, -0.25) is 13.8 Å². The average molecular weight is 865 g/mol. The molecule has 0 radical (unpaired) electrons. The van der Waals surface area contributed by atoms with Crippen molar-refractivity contribution in [3.8, 4) is 0 Å². The molecular weight excluding hydrogens is 776 g/mol. The van der Waals surface area contributed by atoms with Crippen molar-refractivity contribution >= 4 is 13.8 Å². The maximum absolute atomic E-state index is 12.7. The summed E-state index contributed by atoms with van der Waals surface area (Å²) in [5.74, 6) is -0.393. The molecule has 0 spiro atoms. The number of unbranched alkanes of at least 4 members (excludes halogenated alkanes) is 19. The van der Waals surface area contributed by atoms with Gasteiger partial charge in [0.05, 0.1) is 26.4 Å². The summed E-state index contributed by atoms with van der Waals surface area (Å²) in [6, 6.07) is 0. The van der Waals surface area contributed by atoms with Gasteiger partial charge in [-0.15, -0.1) is 0 Å². The van der Waals surface area contributed by atoms with E-state index in [1.807, 2.05) is 0 Å². The number of ether oxygens (including phenoxy) is 2. The summed E-state index contributed by atoms with van der Waals surface area (Å²) in [4.78, 5) is 22.7. The topological polar surface area (TPSA) is 132 Å². The molecule has 348 valence electrons. The second-order valence-corrected chi connectivity index (χ2v) is 17.2. The van der Waals surface area contributed by atoms with Crippen LogP contribution < -0.4 is 0 Å². The SMILES string of the molecule is CC/C=C\C/C=C\C/C=C\C/C=C\CCCCCCCCCCCCC(=O)OC(COCCCCCCCC/C=C\C/C=C\CCCCC)COP(=O)(O)OCC(O)CO. The molecule has 0 aromatic heterocycles. The van der Waals surface area contributed by atoms with Crippen molar-refractivity contribution in [3.63, 3.8) is 0 Å². The molecule has 10 heteroatoms. The molecule has 0 aliphatic heterocycles. The van der Waals surface area contributed by atoms with Gasteiger partial charge in [0.2, 0.25) is 0 Å². The predicted octanol–water partition coefficient (Wildman–Crippen LogP) is 13.7. The molecule has 0 bridgehead atoms. The first kappa shape index (κ1) is 57.9. The lowest BCUT2D eigenvalue weighted by Crippen LogP contribution is -2.29. The summed E-state index contributed by atoms with van der Waals surface area (Å²) < 4.78 is 33.4. The van der Waals surface area contributed by atoms with Crippen molar-refractivity contribution in [2.24, 2.45) is 0 Å². The van der Waals surface area contributed by atoms with Crippen LogP contribution in [0.3, 0.4) is 0 Å². The molecule has 3 atom stereocenters. The fourth-order valence-electron chi connectivity index (χ4n) is 6.26. The fraction of sp³-hybridized carbons (Fsp3) is 0.740. The molecule has 0 amide bonds. The fourth-order valence-corrected chi connectivity index (χ4v) is 7.05. The monoisotopic (exact) mass is 865 g/mol. The van der Waals surface area contributed by atoms with Gasteiger partial charge in [0.15, 0.2) is 0 Å². The van der Waals surface area contributed by atoms with Crippen LogP contribution in [0.2, 0.25) is 0 Å². The Balaban J connectivity index is 4.13. The lowest BCUT2D eigenvalue weighted by Gasteiger charge is -2.20. The van der Waals surface area contributed by atoms with Crippen molar-refractivity contribution in [2.45, 2.75) is 206 Å². The zero-order chi connectivity index (χ0) is 43.9. The first-order valence-corrected chi connectivity index (χ1v) is 25.4. The van der Waals surface area contributed by atoms with Crippen molar-refractivity contribution in [1.82, 2.24) is 0 Å².